The molecule has 156 valence electrons. The number of pyridine rings is 1. The molecule has 0 unspecified atom stereocenters. The van der Waals surface area contributed by atoms with Crippen molar-refractivity contribution in [3.8, 4) is 5.75 Å². The van der Waals surface area contributed by atoms with Crippen LogP contribution in [0.1, 0.15) is 38.3 Å². The number of nitrogens with one attached hydrogen (secondary N) is 1. The minimum atomic E-state index is 0.202. The maximum absolute atomic E-state index is 5.70. The molecule has 1 heterocycles. The smallest absolute Gasteiger partial charge is 0.126 e. The van der Waals surface area contributed by atoms with E-state index in [1.54, 1.807) is 11.8 Å². The third kappa shape index (κ3) is 6.39. The highest BCUT2D eigenvalue weighted by atomic mass is 32.2. The van der Waals surface area contributed by atoms with Gasteiger partial charge < -0.3 is 10.1 Å². The first kappa shape index (κ1) is 22.0. The van der Waals surface area contributed by atoms with Gasteiger partial charge in [0, 0.05) is 23.0 Å². The highest BCUT2D eigenvalue weighted by molar-refractivity contribution is 8.11. The van der Waals surface area contributed by atoms with Gasteiger partial charge in [0.05, 0.1) is 6.10 Å². The van der Waals surface area contributed by atoms with Crippen molar-refractivity contribution >= 4 is 33.3 Å². The first-order valence-corrected chi connectivity index (χ1v) is 11.1. The predicted octanol–water partition coefficient (Wildman–Crippen LogP) is 7.30. The van der Waals surface area contributed by atoms with E-state index in [0.29, 0.717) is 0 Å². The fraction of sp³-hybridized carbons (Fsp3) is 0.269. The van der Waals surface area contributed by atoms with Crippen molar-refractivity contribution < 1.29 is 4.74 Å². The van der Waals surface area contributed by atoms with Gasteiger partial charge in [-0.05, 0) is 79.3 Å². The van der Waals surface area contributed by atoms with Crippen LogP contribution in [0, 0.1) is 0 Å². The van der Waals surface area contributed by atoms with E-state index in [1.807, 2.05) is 39.1 Å². The van der Waals surface area contributed by atoms with Gasteiger partial charge in [-0.15, -0.1) is 0 Å². The number of hydrogen-bond donors (Lipinski definition) is 1. The Morgan fingerprint density at radius 2 is 1.83 bits per heavy atom. The number of aryl methyl sites for hydroxylation is 1. The first-order valence-electron chi connectivity index (χ1n) is 10.3. The number of hydrogen-bond acceptors (Lipinski definition) is 4. The normalized spacial score (nSPS) is 10.9. The molecule has 3 aromatic rings. The van der Waals surface area contributed by atoms with Crippen molar-refractivity contribution in [2.45, 2.75) is 39.7 Å². The molecule has 3 rings (SSSR count). The van der Waals surface area contributed by atoms with E-state index in [9.17, 15) is 0 Å². The summed E-state index contributed by atoms with van der Waals surface area (Å²) in [4.78, 5) is 6.60. The summed E-state index contributed by atoms with van der Waals surface area (Å²) < 4.78 is 5.70. The van der Waals surface area contributed by atoms with Gasteiger partial charge in [-0.2, -0.15) is 0 Å². The van der Waals surface area contributed by atoms with Crippen molar-refractivity contribution in [3.63, 3.8) is 0 Å². The van der Waals surface area contributed by atoms with Crippen molar-refractivity contribution in [3.05, 3.63) is 83.9 Å². The lowest BCUT2D eigenvalue weighted by Crippen LogP contribution is -2.06. The molecular weight excluding hydrogens is 388 g/mol. The van der Waals surface area contributed by atoms with Crippen molar-refractivity contribution in [1.82, 2.24) is 4.98 Å². The van der Waals surface area contributed by atoms with Crippen LogP contribution in [0.5, 0.6) is 5.75 Å². The summed E-state index contributed by atoms with van der Waals surface area (Å²) in [5.41, 5.74) is 2.44. The summed E-state index contributed by atoms with van der Waals surface area (Å²) in [5, 5.41) is 5.74. The molecule has 1 aromatic heterocycles. The van der Waals surface area contributed by atoms with Gasteiger partial charge >= 0.3 is 0 Å². The van der Waals surface area contributed by atoms with E-state index in [0.717, 1.165) is 57.1 Å². The number of anilines is 1. The molecule has 0 saturated carbocycles. The number of benzene rings is 2. The summed E-state index contributed by atoms with van der Waals surface area (Å²) in [6.45, 7) is 15.1. The van der Waals surface area contributed by atoms with Crippen molar-refractivity contribution in [2.24, 2.45) is 0 Å². The zero-order chi connectivity index (χ0) is 21.5. The fourth-order valence-corrected chi connectivity index (χ4v) is 3.86. The molecule has 1 N–H and O–H groups in total. The number of nitrogens with zero attached hydrogens (tertiary/aromatic N) is 1. The van der Waals surface area contributed by atoms with Gasteiger partial charge in [0.25, 0.3) is 0 Å². The Hall–Kier alpha value is -2.72. The minimum absolute atomic E-state index is 0.202. The molecule has 0 fully saturated rings. The summed E-state index contributed by atoms with van der Waals surface area (Å²) in [6.07, 6.45) is 4.18. The summed E-state index contributed by atoms with van der Waals surface area (Å²) in [5.74, 6) is 1.83. The van der Waals surface area contributed by atoms with Gasteiger partial charge in [-0.3, -0.25) is 0 Å². The summed E-state index contributed by atoms with van der Waals surface area (Å²) in [7, 11) is 0. The van der Waals surface area contributed by atoms with Gasteiger partial charge in [0.2, 0.25) is 0 Å². The topological polar surface area (TPSA) is 34.2 Å². The summed E-state index contributed by atoms with van der Waals surface area (Å²) in [6, 6.07) is 16.8. The number of rotatable bonds is 10. The quantitative estimate of drug-likeness (QED) is 0.350. The SMILES string of the molecule is C=C(C)SC(=C)c1ccc2cnc(NCCCc3ccc(OC(C)C)cc3)cc2c1. The molecule has 0 spiro atoms. The Morgan fingerprint density at radius 1 is 1.07 bits per heavy atom. The Kier molecular flexibility index (Phi) is 7.58. The van der Waals surface area contributed by atoms with Crippen LogP contribution in [0.3, 0.4) is 0 Å². The second kappa shape index (κ2) is 10.4. The monoisotopic (exact) mass is 418 g/mol. The number of ether oxygens (including phenoxy) is 1. The van der Waals surface area contributed by atoms with Gasteiger partial charge in [-0.25, -0.2) is 4.98 Å². The zero-order valence-corrected chi connectivity index (χ0v) is 18.9. The Morgan fingerprint density at radius 3 is 2.53 bits per heavy atom. The molecule has 0 radical (unpaired) electrons. The molecule has 0 aliphatic heterocycles. The Labute approximate surface area is 184 Å². The average Bonchev–Trinajstić information content (AvgIpc) is 2.71. The van der Waals surface area contributed by atoms with Crippen molar-refractivity contribution in [2.75, 3.05) is 11.9 Å². The molecular formula is C26H30N2OS. The number of aromatic nitrogens is 1. The molecule has 0 atom stereocenters. The maximum atomic E-state index is 5.70. The molecule has 0 amide bonds. The van der Waals surface area contributed by atoms with E-state index in [-0.39, 0.29) is 6.10 Å². The second-order valence-corrected chi connectivity index (χ2v) is 9.09. The number of thioether (sulfide) groups is 1. The first-order chi connectivity index (χ1) is 14.4. The molecule has 0 aliphatic carbocycles. The van der Waals surface area contributed by atoms with Crippen LogP contribution in [0.4, 0.5) is 5.82 Å². The van der Waals surface area contributed by atoms with Crippen LogP contribution in [0.15, 0.2) is 72.8 Å². The van der Waals surface area contributed by atoms with Crippen molar-refractivity contribution in [1.29, 1.82) is 0 Å². The van der Waals surface area contributed by atoms with E-state index < -0.39 is 0 Å². The van der Waals surface area contributed by atoms with Gasteiger partial charge in [0.15, 0.2) is 0 Å². The third-order valence-corrected chi connectivity index (χ3v) is 5.42. The fourth-order valence-electron chi connectivity index (χ4n) is 3.20. The maximum Gasteiger partial charge on any atom is 0.126 e. The molecule has 2 aromatic carbocycles. The largest absolute Gasteiger partial charge is 0.491 e. The molecule has 0 saturated heterocycles. The standard InChI is InChI=1S/C26H30N2OS/c1-18(2)29-25-12-8-21(9-13-25)7-6-14-27-26-16-24-15-22(20(5)30-19(3)4)10-11-23(24)17-28-26/h8-13,15-18H,3,5-7,14H2,1-2,4H3,(H,27,28). The Bertz CT molecular complexity index is 1020. The summed E-state index contributed by atoms with van der Waals surface area (Å²) >= 11 is 1.61. The van der Waals surface area contributed by atoms with Crippen LogP contribution >= 0.6 is 11.8 Å². The van der Waals surface area contributed by atoms with Gasteiger partial charge in [-0.1, -0.05) is 49.2 Å². The second-order valence-electron chi connectivity index (χ2n) is 7.70. The molecule has 3 nitrogen and oxygen atoms in total. The van der Waals surface area contributed by atoms with E-state index >= 15 is 0 Å². The zero-order valence-electron chi connectivity index (χ0n) is 18.1. The van der Waals surface area contributed by atoms with E-state index in [1.165, 1.54) is 5.56 Å². The van der Waals surface area contributed by atoms with Gasteiger partial charge in [0.1, 0.15) is 11.6 Å². The van der Waals surface area contributed by atoms with Crippen LogP contribution < -0.4 is 10.1 Å². The van der Waals surface area contributed by atoms with Crippen LogP contribution in [-0.2, 0) is 6.42 Å². The number of fused-ring (bicyclic) bond motifs is 1. The molecule has 0 bridgehead atoms. The highest BCUT2D eigenvalue weighted by Gasteiger charge is 2.04. The lowest BCUT2D eigenvalue weighted by Gasteiger charge is -2.11. The molecule has 30 heavy (non-hydrogen) atoms. The number of allylic oxidation sites excluding steroid dienone is 1. The lowest BCUT2D eigenvalue weighted by atomic mass is 10.1. The van der Waals surface area contributed by atoms with Crippen LogP contribution in [-0.4, -0.2) is 17.6 Å². The molecule has 4 heteroatoms. The predicted molar refractivity (Wildman–Crippen MR) is 132 cm³/mol. The van der Waals surface area contributed by atoms with E-state index in [2.05, 4.69) is 59.9 Å². The van der Waals surface area contributed by atoms with E-state index in [4.69, 9.17) is 4.74 Å². The van der Waals surface area contributed by atoms with Crippen LogP contribution in [0.2, 0.25) is 0 Å². The lowest BCUT2D eigenvalue weighted by molar-refractivity contribution is 0.242. The average molecular weight is 419 g/mol. The highest BCUT2D eigenvalue weighted by Crippen LogP contribution is 2.32. The minimum Gasteiger partial charge on any atom is -0.491 e. The Balaban J connectivity index is 1.55. The third-order valence-electron chi connectivity index (χ3n) is 4.58. The van der Waals surface area contributed by atoms with Crippen LogP contribution in [0.25, 0.3) is 15.7 Å². The molecule has 0 aliphatic rings.